The Hall–Kier alpha value is -1.51. The Labute approximate surface area is 116 Å². The van der Waals surface area contributed by atoms with Gasteiger partial charge in [-0.15, -0.1) is 0 Å². The summed E-state index contributed by atoms with van der Waals surface area (Å²) in [4.78, 5) is 2.92. The van der Waals surface area contributed by atoms with Crippen molar-refractivity contribution < 1.29 is 5.11 Å². The third kappa shape index (κ3) is 9.11. The molecule has 0 aliphatic rings. The minimum atomic E-state index is -0.0953. The molecule has 0 amide bonds. The van der Waals surface area contributed by atoms with E-state index in [1.165, 1.54) is 11.1 Å². The molecule has 0 bridgehead atoms. The molecule has 1 unspecified atom stereocenters. The highest BCUT2D eigenvalue weighted by molar-refractivity contribution is 5.12. The fraction of sp³-hybridized carbons (Fsp3) is 0.600. The molecule has 0 saturated carbocycles. The maximum atomic E-state index is 8.77. The molecule has 0 aliphatic carbocycles. The van der Waals surface area contributed by atoms with Crippen LogP contribution in [-0.4, -0.2) is 17.8 Å². The highest BCUT2D eigenvalue weighted by Crippen LogP contribution is 2.15. The van der Waals surface area contributed by atoms with Crippen LogP contribution in [0.3, 0.4) is 0 Å². The van der Waals surface area contributed by atoms with Gasteiger partial charge in [0, 0.05) is 4.91 Å². The number of aliphatic hydroxyl groups excluding tert-OH is 1. The largest absolute Gasteiger partial charge is 0.392 e. The Balaban J connectivity index is 4.53. The highest BCUT2D eigenvalue weighted by atomic mass is 16.2. The molecular weight excluding hydrogens is 238 g/mol. The van der Waals surface area contributed by atoms with Gasteiger partial charge in [0.15, 0.2) is 0 Å². The predicted molar refractivity (Wildman–Crippen MR) is 80.8 cm³/mol. The lowest BCUT2D eigenvalue weighted by atomic mass is 10.0. The summed E-state index contributed by atoms with van der Waals surface area (Å²) in [5, 5.41) is 12.6. The van der Waals surface area contributed by atoms with Crippen LogP contribution in [-0.2, 0) is 0 Å². The quantitative estimate of drug-likeness (QED) is 0.293. The molecule has 0 radical (unpaired) electrons. The van der Waals surface area contributed by atoms with Crippen molar-refractivity contribution >= 4 is 0 Å². The molecule has 1 atom stereocenters. The minimum Gasteiger partial charge on any atom is -0.392 e. The lowest BCUT2D eigenvalue weighted by Gasteiger charge is -2.10. The third-order valence-corrected chi connectivity index (χ3v) is 2.91. The molecule has 0 aromatic rings. The minimum absolute atomic E-state index is 0.0937. The molecule has 0 aromatic carbocycles. The summed E-state index contributed by atoms with van der Waals surface area (Å²) in [5.41, 5.74) is 12.1. The first kappa shape index (κ1) is 17.5. The van der Waals surface area contributed by atoms with Gasteiger partial charge in [0.1, 0.15) is 0 Å². The average Bonchev–Trinajstić information content (AvgIpc) is 2.34. The number of allylic oxidation sites excluding steroid dienone is 3. The highest BCUT2D eigenvalue weighted by Gasteiger charge is 2.06. The third-order valence-electron chi connectivity index (χ3n) is 2.91. The van der Waals surface area contributed by atoms with E-state index < -0.39 is 0 Å². The van der Waals surface area contributed by atoms with E-state index in [9.17, 15) is 0 Å². The second-order valence-electron chi connectivity index (χ2n) is 4.96. The van der Waals surface area contributed by atoms with Crippen LogP contribution in [0.2, 0.25) is 0 Å². The molecule has 0 aromatic heterocycles. The lowest BCUT2D eigenvalue weighted by molar-refractivity contribution is 0.341. The van der Waals surface area contributed by atoms with Crippen LogP contribution in [0, 0.1) is 0 Å². The van der Waals surface area contributed by atoms with Gasteiger partial charge in [-0.3, -0.25) is 0 Å². The monoisotopic (exact) mass is 263 g/mol. The van der Waals surface area contributed by atoms with Gasteiger partial charge in [0.25, 0.3) is 0 Å². The normalized spacial score (nSPS) is 13.7. The zero-order valence-corrected chi connectivity index (χ0v) is 12.4. The lowest BCUT2D eigenvalue weighted by Crippen LogP contribution is -2.04. The summed E-state index contributed by atoms with van der Waals surface area (Å²) in [5.74, 6) is 0. The fourth-order valence-corrected chi connectivity index (χ4v) is 1.66. The van der Waals surface area contributed by atoms with E-state index in [0.29, 0.717) is 0 Å². The van der Waals surface area contributed by atoms with E-state index in [1.54, 1.807) is 0 Å². The van der Waals surface area contributed by atoms with E-state index in [1.807, 2.05) is 33.8 Å². The van der Waals surface area contributed by atoms with Crippen LogP contribution >= 0.6 is 0 Å². The standard InChI is InChI=1S/C15H25N3O/c1-12(2)8-9-15(17-18-16)14(4)7-5-6-13(3)10-11-19/h7-8,10,15,19H,5-6,9,11H2,1-4H3. The average molecular weight is 263 g/mol. The molecule has 0 rings (SSSR count). The van der Waals surface area contributed by atoms with Crippen molar-refractivity contribution in [3.63, 3.8) is 0 Å². The van der Waals surface area contributed by atoms with Crippen molar-refractivity contribution in [2.75, 3.05) is 6.61 Å². The number of hydrogen-bond donors (Lipinski definition) is 1. The smallest absolute Gasteiger partial charge is 0.0616 e. The Morgan fingerprint density at radius 3 is 2.42 bits per heavy atom. The number of nitrogens with zero attached hydrogens (tertiary/aromatic N) is 3. The second kappa shape index (κ2) is 10.4. The maximum absolute atomic E-state index is 8.77. The summed E-state index contributed by atoms with van der Waals surface area (Å²) in [6.45, 7) is 8.18. The van der Waals surface area contributed by atoms with Gasteiger partial charge >= 0.3 is 0 Å². The van der Waals surface area contributed by atoms with Gasteiger partial charge < -0.3 is 5.11 Å². The Morgan fingerprint density at radius 2 is 1.89 bits per heavy atom. The van der Waals surface area contributed by atoms with Gasteiger partial charge in [0.05, 0.1) is 12.6 Å². The van der Waals surface area contributed by atoms with E-state index in [4.69, 9.17) is 10.6 Å². The molecular formula is C15H25N3O. The predicted octanol–water partition coefficient (Wildman–Crippen LogP) is 4.69. The Bertz CT molecular complexity index is 398. The first-order valence-corrected chi connectivity index (χ1v) is 6.62. The molecule has 19 heavy (non-hydrogen) atoms. The van der Waals surface area contributed by atoms with Gasteiger partial charge in [-0.25, -0.2) is 0 Å². The molecule has 0 spiro atoms. The van der Waals surface area contributed by atoms with Crippen molar-refractivity contribution in [3.05, 3.63) is 45.4 Å². The van der Waals surface area contributed by atoms with Gasteiger partial charge in [-0.2, -0.15) is 0 Å². The van der Waals surface area contributed by atoms with Crippen LogP contribution in [0.5, 0.6) is 0 Å². The zero-order chi connectivity index (χ0) is 14.7. The van der Waals surface area contributed by atoms with E-state index in [0.717, 1.165) is 24.8 Å². The molecule has 0 saturated heterocycles. The Morgan fingerprint density at radius 1 is 1.21 bits per heavy atom. The molecule has 4 nitrogen and oxygen atoms in total. The SMILES string of the molecule is CC(C)=CCC(N=[N+]=[N-])C(C)=CCCC(C)=CCO. The summed E-state index contributed by atoms with van der Waals surface area (Å²) in [7, 11) is 0. The Kier molecular flexibility index (Phi) is 9.59. The van der Waals surface area contributed by atoms with Crippen molar-refractivity contribution in [1.82, 2.24) is 0 Å². The van der Waals surface area contributed by atoms with Gasteiger partial charge in [-0.1, -0.05) is 40.1 Å². The number of hydrogen-bond acceptors (Lipinski definition) is 2. The first-order valence-electron chi connectivity index (χ1n) is 6.62. The molecule has 106 valence electrons. The molecule has 0 fully saturated rings. The van der Waals surface area contributed by atoms with Crippen molar-refractivity contribution in [2.24, 2.45) is 5.11 Å². The molecule has 0 heterocycles. The van der Waals surface area contributed by atoms with Gasteiger partial charge in [-0.05, 0) is 52.5 Å². The first-order chi connectivity index (χ1) is 9.01. The summed E-state index contributed by atoms with van der Waals surface area (Å²) >= 11 is 0. The summed E-state index contributed by atoms with van der Waals surface area (Å²) in [6.07, 6.45) is 8.60. The van der Waals surface area contributed by atoms with Crippen LogP contribution in [0.4, 0.5) is 0 Å². The van der Waals surface area contributed by atoms with Crippen LogP contribution in [0.25, 0.3) is 10.4 Å². The van der Waals surface area contributed by atoms with Crippen molar-refractivity contribution in [1.29, 1.82) is 0 Å². The fourth-order valence-electron chi connectivity index (χ4n) is 1.66. The molecule has 4 heteroatoms. The molecule has 0 aliphatic heterocycles. The van der Waals surface area contributed by atoms with Gasteiger partial charge in [0.2, 0.25) is 0 Å². The van der Waals surface area contributed by atoms with Crippen molar-refractivity contribution in [2.45, 2.75) is 53.0 Å². The summed E-state index contributed by atoms with van der Waals surface area (Å²) < 4.78 is 0. The van der Waals surface area contributed by atoms with E-state index >= 15 is 0 Å². The molecule has 1 N–H and O–H groups in total. The van der Waals surface area contributed by atoms with Crippen LogP contribution < -0.4 is 0 Å². The number of azide groups is 1. The van der Waals surface area contributed by atoms with E-state index in [-0.39, 0.29) is 12.6 Å². The topological polar surface area (TPSA) is 69.0 Å². The second-order valence-corrected chi connectivity index (χ2v) is 4.96. The zero-order valence-electron chi connectivity index (χ0n) is 12.4. The number of aliphatic hydroxyl groups is 1. The van der Waals surface area contributed by atoms with E-state index in [2.05, 4.69) is 22.2 Å². The van der Waals surface area contributed by atoms with Crippen molar-refractivity contribution in [3.8, 4) is 0 Å². The maximum Gasteiger partial charge on any atom is 0.0616 e. The van der Waals surface area contributed by atoms with Crippen LogP contribution in [0.15, 0.2) is 40.1 Å². The van der Waals surface area contributed by atoms with Crippen LogP contribution in [0.1, 0.15) is 47.0 Å². The summed E-state index contributed by atoms with van der Waals surface area (Å²) in [6, 6.07) is -0.0953. The number of rotatable bonds is 8.